The molecule has 8 nitrogen and oxygen atoms in total. The highest BCUT2D eigenvalue weighted by Crippen LogP contribution is 2.11. The van der Waals surface area contributed by atoms with Crippen LogP contribution < -0.4 is 5.43 Å². The summed E-state index contributed by atoms with van der Waals surface area (Å²) < 4.78 is 0. The van der Waals surface area contributed by atoms with Gasteiger partial charge in [0.25, 0.3) is 5.69 Å². The van der Waals surface area contributed by atoms with E-state index in [1.54, 1.807) is 6.20 Å². The largest absolute Gasteiger partial charge is 0.351 e. The third-order valence-electron chi connectivity index (χ3n) is 1.85. The number of H-pyrrole nitrogens is 1. The first-order chi connectivity index (χ1) is 8.25. The number of hydrogen-bond donors (Lipinski definition) is 2. The Morgan fingerprint density at radius 1 is 1.47 bits per heavy atom. The Morgan fingerprint density at radius 2 is 2.35 bits per heavy atom. The summed E-state index contributed by atoms with van der Waals surface area (Å²) in [6.45, 7) is 0. The number of hydrogen-bond acceptors (Lipinski definition) is 6. The van der Waals surface area contributed by atoms with E-state index in [0.717, 1.165) is 6.20 Å². The number of aromatic amines is 1. The van der Waals surface area contributed by atoms with E-state index in [2.05, 4.69) is 25.5 Å². The first kappa shape index (κ1) is 10.7. The predicted molar refractivity (Wildman–Crippen MR) is 60.7 cm³/mol. The molecular formula is C9H8N6O2. The molecule has 8 heteroatoms. The number of anilines is 1. The normalized spacial score (nSPS) is 10.6. The second-order valence-corrected chi connectivity index (χ2v) is 3.02. The van der Waals surface area contributed by atoms with E-state index in [9.17, 15) is 10.1 Å². The number of rotatable bonds is 4. The lowest BCUT2D eigenvalue weighted by Gasteiger charge is -1.97. The molecular weight excluding hydrogens is 224 g/mol. The number of nitro groups is 1. The van der Waals surface area contributed by atoms with Crippen molar-refractivity contribution in [1.29, 1.82) is 0 Å². The number of nitrogens with zero attached hydrogens (tertiary/aromatic N) is 4. The smallest absolute Gasteiger partial charge is 0.287 e. The molecule has 86 valence electrons. The molecule has 0 bridgehead atoms. The van der Waals surface area contributed by atoms with Gasteiger partial charge in [0.1, 0.15) is 17.7 Å². The Labute approximate surface area is 95.6 Å². The van der Waals surface area contributed by atoms with E-state index in [4.69, 9.17) is 0 Å². The van der Waals surface area contributed by atoms with Gasteiger partial charge in [-0.3, -0.25) is 15.5 Å². The van der Waals surface area contributed by atoms with E-state index in [1.165, 1.54) is 24.7 Å². The first-order valence-corrected chi connectivity index (χ1v) is 4.64. The van der Waals surface area contributed by atoms with E-state index >= 15 is 0 Å². The Bertz CT molecular complexity index is 519. The van der Waals surface area contributed by atoms with Gasteiger partial charge in [0, 0.05) is 12.3 Å². The van der Waals surface area contributed by atoms with Gasteiger partial charge >= 0.3 is 0 Å². The fraction of sp³-hybridized carbons (Fsp3) is 0. The molecule has 0 fully saturated rings. The van der Waals surface area contributed by atoms with Gasteiger partial charge in [0.05, 0.1) is 17.5 Å². The molecule has 2 N–H and O–H groups in total. The third kappa shape index (κ3) is 2.84. The molecule has 17 heavy (non-hydrogen) atoms. The highest BCUT2D eigenvalue weighted by molar-refractivity contribution is 5.76. The van der Waals surface area contributed by atoms with Gasteiger partial charge in [-0.25, -0.2) is 9.97 Å². The van der Waals surface area contributed by atoms with Gasteiger partial charge in [0.2, 0.25) is 0 Å². The Kier molecular flexibility index (Phi) is 3.05. The molecule has 0 amide bonds. The van der Waals surface area contributed by atoms with Crippen molar-refractivity contribution >= 4 is 17.7 Å². The van der Waals surface area contributed by atoms with Crippen molar-refractivity contribution in [3.05, 3.63) is 46.7 Å². The van der Waals surface area contributed by atoms with E-state index in [0.29, 0.717) is 11.5 Å². The summed E-state index contributed by atoms with van der Waals surface area (Å²) in [5.41, 5.74) is 3.23. The molecule has 2 heterocycles. The molecule has 0 aromatic carbocycles. The lowest BCUT2D eigenvalue weighted by Crippen LogP contribution is -1.95. The number of nitrogens with one attached hydrogen (secondary N) is 2. The standard InChI is InChI=1S/C9H8N6O2/c16-15(17)8-1-2-9(11-5-8)14-13-4-7-3-10-6-12-7/h1-6H,(H,10,12)(H,11,14)/b13-4+. The summed E-state index contributed by atoms with van der Waals surface area (Å²) in [5, 5.41) is 14.3. The first-order valence-electron chi connectivity index (χ1n) is 4.64. The number of hydrazone groups is 1. The van der Waals surface area contributed by atoms with Crippen LogP contribution in [0.3, 0.4) is 0 Å². The summed E-state index contributed by atoms with van der Waals surface area (Å²) in [4.78, 5) is 20.4. The molecule has 0 aliphatic rings. The van der Waals surface area contributed by atoms with Gasteiger partial charge in [-0.2, -0.15) is 5.10 Å². The summed E-state index contributed by atoms with van der Waals surface area (Å²) >= 11 is 0. The molecule has 0 aliphatic heterocycles. The molecule has 0 spiro atoms. The van der Waals surface area contributed by atoms with Gasteiger partial charge in [-0.05, 0) is 6.07 Å². The van der Waals surface area contributed by atoms with Gasteiger partial charge < -0.3 is 4.98 Å². The number of aromatic nitrogens is 3. The maximum Gasteiger partial charge on any atom is 0.287 e. The van der Waals surface area contributed by atoms with Crippen molar-refractivity contribution in [2.75, 3.05) is 5.43 Å². The minimum Gasteiger partial charge on any atom is -0.351 e. The minimum atomic E-state index is -0.510. The highest BCUT2D eigenvalue weighted by atomic mass is 16.6. The monoisotopic (exact) mass is 232 g/mol. The maximum atomic E-state index is 10.4. The number of pyridine rings is 1. The summed E-state index contributed by atoms with van der Waals surface area (Å²) in [6, 6.07) is 2.82. The van der Waals surface area contributed by atoms with Crippen LogP contribution in [0.4, 0.5) is 11.5 Å². The van der Waals surface area contributed by atoms with Crippen LogP contribution in [0.5, 0.6) is 0 Å². The minimum absolute atomic E-state index is 0.0631. The molecule has 0 saturated carbocycles. The van der Waals surface area contributed by atoms with Crippen LogP contribution in [-0.4, -0.2) is 26.1 Å². The summed E-state index contributed by atoms with van der Waals surface area (Å²) in [6.07, 6.45) is 5.87. The van der Waals surface area contributed by atoms with Crippen molar-refractivity contribution in [2.45, 2.75) is 0 Å². The Morgan fingerprint density at radius 3 is 2.94 bits per heavy atom. The van der Waals surface area contributed by atoms with Crippen molar-refractivity contribution in [3.8, 4) is 0 Å². The van der Waals surface area contributed by atoms with Crippen LogP contribution in [0.2, 0.25) is 0 Å². The SMILES string of the molecule is O=[N+]([O-])c1ccc(N/N=C/c2c[nH]cn2)nc1. The van der Waals surface area contributed by atoms with Gasteiger partial charge in [-0.1, -0.05) is 0 Å². The lowest BCUT2D eigenvalue weighted by molar-refractivity contribution is -0.385. The van der Waals surface area contributed by atoms with E-state index in [1.807, 2.05) is 0 Å². The molecule has 0 aliphatic carbocycles. The van der Waals surface area contributed by atoms with Crippen molar-refractivity contribution in [1.82, 2.24) is 15.0 Å². The molecule has 0 atom stereocenters. The summed E-state index contributed by atoms with van der Waals surface area (Å²) in [5.74, 6) is 0.419. The molecule has 0 unspecified atom stereocenters. The topological polar surface area (TPSA) is 109 Å². The average molecular weight is 232 g/mol. The lowest BCUT2D eigenvalue weighted by atomic mass is 10.4. The van der Waals surface area contributed by atoms with Crippen molar-refractivity contribution in [2.24, 2.45) is 5.10 Å². The zero-order valence-electron chi connectivity index (χ0n) is 8.57. The van der Waals surface area contributed by atoms with Crippen LogP contribution in [0.15, 0.2) is 36.0 Å². The Balaban J connectivity index is 1.97. The second kappa shape index (κ2) is 4.84. The highest BCUT2D eigenvalue weighted by Gasteiger charge is 2.04. The molecule has 0 saturated heterocycles. The summed E-state index contributed by atoms with van der Waals surface area (Å²) in [7, 11) is 0. The van der Waals surface area contributed by atoms with Crippen LogP contribution in [0, 0.1) is 10.1 Å². The van der Waals surface area contributed by atoms with E-state index < -0.39 is 4.92 Å². The fourth-order valence-corrected chi connectivity index (χ4v) is 1.07. The Hall–Kier alpha value is -2.77. The van der Waals surface area contributed by atoms with Gasteiger partial charge in [-0.15, -0.1) is 0 Å². The van der Waals surface area contributed by atoms with Crippen LogP contribution >= 0.6 is 0 Å². The second-order valence-electron chi connectivity index (χ2n) is 3.02. The quantitative estimate of drug-likeness (QED) is 0.467. The average Bonchev–Trinajstić information content (AvgIpc) is 2.83. The zero-order valence-corrected chi connectivity index (χ0v) is 8.57. The maximum absolute atomic E-state index is 10.4. The third-order valence-corrected chi connectivity index (χ3v) is 1.85. The van der Waals surface area contributed by atoms with Crippen LogP contribution in [0.1, 0.15) is 5.69 Å². The molecule has 2 aromatic heterocycles. The van der Waals surface area contributed by atoms with Gasteiger partial charge in [0.15, 0.2) is 0 Å². The van der Waals surface area contributed by atoms with Crippen LogP contribution in [-0.2, 0) is 0 Å². The van der Waals surface area contributed by atoms with E-state index in [-0.39, 0.29) is 5.69 Å². The molecule has 2 aromatic rings. The van der Waals surface area contributed by atoms with Crippen LogP contribution in [0.25, 0.3) is 0 Å². The predicted octanol–water partition coefficient (Wildman–Crippen LogP) is 1.16. The zero-order chi connectivity index (χ0) is 12.1. The van der Waals surface area contributed by atoms with Crippen molar-refractivity contribution < 1.29 is 4.92 Å². The van der Waals surface area contributed by atoms with Crippen molar-refractivity contribution in [3.63, 3.8) is 0 Å². The molecule has 0 radical (unpaired) electrons. The fourth-order valence-electron chi connectivity index (χ4n) is 1.07. The molecule has 2 rings (SSSR count). The number of imidazole rings is 1.